The number of aliphatic hydroxyl groups excluding tert-OH is 1. The number of nitrogens with one attached hydrogen (secondary N) is 1. The lowest BCUT2D eigenvalue weighted by Crippen LogP contribution is -2.46. The minimum Gasteiger partial charge on any atom is -0.391 e. The third kappa shape index (κ3) is 3.89. The van der Waals surface area contributed by atoms with Gasteiger partial charge in [-0.3, -0.25) is 4.98 Å². The number of nitrogens with zero attached hydrogens (tertiary/aromatic N) is 2. The van der Waals surface area contributed by atoms with Gasteiger partial charge in [0.15, 0.2) is 0 Å². The number of rotatable bonds is 4. The molecule has 0 bridgehead atoms. The van der Waals surface area contributed by atoms with Crippen molar-refractivity contribution in [2.24, 2.45) is 0 Å². The largest absolute Gasteiger partial charge is 0.391 e. The van der Waals surface area contributed by atoms with E-state index in [0.717, 1.165) is 5.56 Å². The molecule has 126 valence electrons. The standard InChI is InChI=1S/C18H20FN3O2/c19-15-3-1-2-14(10-15)12-21-18(24)22-9-6-17(23)16(22)11-13-4-7-20-8-5-13/h1-5,7-8,10,16-17,23H,6,9,11-12H2,(H,21,24)/t16-,17-/m1/s1. The topological polar surface area (TPSA) is 65.5 Å². The molecule has 0 unspecified atom stereocenters. The van der Waals surface area contributed by atoms with E-state index >= 15 is 0 Å². The fourth-order valence-corrected chi connectivity index (χ4v) is 3.02. The summed E-state index contributed by atoms with van der Waals surface area (Å²) >= 11 is 0. The van der Waals surface area contributed by atoms with Crippen molar-refractivity contribution in [3.63, 3.8) is 0 Å². The second kappa shape index (κ2) is 7.40. The van der Waals surface area contributed by atoms with Crippen molar-refractivity contribution in [2.75, 3.05) is 6.54 Å². The van der Waals surface area contributed by atoms with E-state index in [9.17, 15) is 14.3 Å². The highest BCUT2D eigenvalue weighted by Crippen LogP contribution is 2.22. The monoisotopic (exact) mass is 329 g/mol. The number of aliphatic hydroxyl groups is 1. The van der Waals surface area contributed by atoms with E-state index in [0.29, 0.717) is 24.9 Å². The Morgan fingerprint density at radius 1 is 1.29 bits per heavy atom. The van der Waals surface area contributed by atoms with Gasteiger partial charge in [-0.2, -0.15) is 0 Å². The van der Waals surface area contributed by atoms with Crippen LogP contribution in [-0.4, -0.2) is 39.7 Å². The molecular weight excluding hydrogens is 309 g/mol. The molecule has 2 N–H and O–H groups in total. The predicted octanol–water partition coefficient (Wildman–Crippen LogP) is 2.11. The molecule has 24 heavy (non-hydrogen) atoms. The van der Waals surface area contributed by atoms with Crippen LogP contribution in [0, 0.1) is 5.82 Å². The molecule has 2 amide bonds. The van der Waals surface area contributed by atoms with Gasteiger partial charge in [-0.25, -0.2) is 9.18 Å². The summed E-state index contributed by atoms with van der Waals surface area (Å²) in [6, 6.07) is 9.40. The van der Waals surface area contributed by atoms with Gasteiger partial charge in [-0.1, -0.05) is 12.1 Å². The summed E-state index contributed by atoms with van der Waals surface area (Å²) in [5, 5.41) is 13.0. The molecule has 1 saturated heterocycles. The van der Waals surface area contributed by atoms with Crippen LogP contribution >= 0.6 is 0 Å². The van der Waals surface area contributed by atoms with E-state index in [2.05, 4.69) is 10.3 Å². The number of urea groups is 1. The molecule has 0 spiro atoms. The molecule has 3 rings (SSSR count). The Bertz CT molecular complexity index is 696. The van der Waals surface area contributed by atoms with E-state index in [1.165, 1.54) is 12.1 Å². The minimum atomic E-state index is -0.543. The quantitative estimate of drug-likeness (QED) is 0.903. The third-order valence-corrected chi connectivity index (χ3v) is 4.30. The number of carbonyl (C=O) groups is 1. The maximum absolute atomic E-state index is 13.2. The van der Waals surface area contributed by atoms with Crippen molar-refractivity contribution in [1.29, 1.82) is 0 Å². The Labute approximate surface area is 140 Å². The van der Waals surface area contributed by atoms with Gasteiger partial charge in [0.25, 0.3) is 0 Å². The first kappa shape index (κ1) is 16.4. The van der Waals surface area contributed by atoms with Gasteiger partial charge < -0.3 is 15.3 Å². The van der Waals surface area contributed by atoms with Crippen molar-refractivity contribution in [1.82, 2.24) is 15.2 Å². The summed E-state index contributed by atoms with van der Waals surface area (Å²) in [5.41, 5.74) is 1.73. The highest BCUT2D eigenvalue weighted by atomic mass is 19.1. The van der Waals surface area contributed by atoms with E-state index in [1.807, 2.05) is 12.1 Å². The molecule has 5 nitrogen and oxygen atoms in total. The fourth-order valence-electron chi connectivity index (χ4n) is 3.02. The number of amides is 2. The molecule has 0 radical (unpaired) electrons. The summed E-state index contributed by atoms with van der Waals surface area (Å²) in [6.45, 7) is 0.761. The average molecular weight is 329 g/mol. The van der Waals surface area contributed by atoms with Crippen molar-refractivity contribution < 1.29 is 14.3 Å². The first-order chi connectivity index (χ1) is 11.6. The lowest BCUT2D eigenvalue weighted by molar-refractivity contribution is 0.122. The fraction of sp³-hybridized carbons (Fsp3) is 0.333. The number of benzene rings is 1. The Morgan fingerprint density at radius 2 is 2.08 bits per heavy atom. The van der Waals surface area contributed by atoms with Gasteiger partial charge in [-0.15, -0.1) is 0 Å². The number of hydrogen-bond donors (Lipinski definition) is 2. The predicted molar refractivity (Wildman–Crippen MR) is 87.7 cm³/mol. The van der Waals surface area contributed by atoms with Gasteiger partial charge in [0.05, 0.1) is 12.1 Å². The zero-order chi connectivity index (χ0) is 16.9. The van der Waals surface area contributed by atoms with Crippen LogP contribution in [0.4, 0.5) is 9.18 Å². The molecule has 1 aliphatic rings. The highest BCUT2D eigenvalue weighted by molar-refractivity contribution is 5.75. The number of likely N-dealkylation sites (tertiary alicyclic amines) is 1. The third-order valence-electron chi connectivity index (χ3n) is 4.30. The Balaban J connectivity index is 1.62. The normalized spacial score (nSPS) is 20.2. The smallest absolute Gasteiger partial charge is 0.318 e. The van der Waals surface area contributed by atoms with Crippen molar-refractivity contribution >= 4 is 6.03 Å². The molecule has 1 aromatic carbocycles. The molecule has 1 fully saturated rings. The Morgan fingerprint density at radius 3 is 2.83 bits per heavy atom. The number of aromatic nitrogens is 1. The van der Waals surface area contributed by atoms with Gasteiger partial charge in [-0.05, 0) is 48.2 Å². The maximum atomic E-state index is 13.2. The Hall–Kier alpha value is -2.47. The van der Waals surface area contributed by atoms with Crippen LogP contribution in [0.1, 0.15) is 17.5 Å². The number of pyridine rings is 1. The minimum absolute atomic E-state index is 0.241. The van der Waals surface area contributed by atoms with E-state index in [1.54, 1.807) is 29.4 Å². The molecule has 2 atom stereocenters. The van der Waals surface area contributed by atoms with Crippen LogP contribution in [0.3, 0.4) is 0 Å². The molecule has 6 heteroatoms. The number of hydrogen-bond acceptors (Lipinski definition) is 3. The second-order valence-electron chi connectivity index (χ2n) is 5.96. The van der Waals surface area contributed by atoms with Crippen LogP contribution in [-0.2, 0) is 13.0 Å². The van der Waals surface area contributed by atoms with Crippen LogP contribution in [0.2, 0.25) is 0 Å². The van der Waals surface area contributed by atoms with Gasteiger partial charge in [0, 0.05) is 25.5 Å². The van der Waals surface area contributed by atoms with Crippen molar-refractivity contribution in [2.45, 2.75) is 31.5 Å². The number of halogens is 1. The zero-order valence-electron chi connectivity index (χ0n) is 13.2. The van der Waals surface area contributed by atoms with Crippen molar-refractivity contribution in [3.05, 3.63) is 65.7 Å². The van der Waals surface area contributed by atoms with Crippen LogP contribution in [0.25, 0.3) is 0 Å². The molecule has 1 aromatic heterocycles. The van der Waals surface area contributed by atoms with E-state index in [4.69, 9.17) is 0 Å². The molecular formula is C18H20FN3O2. The average Bonchev–Trinajstić information content (AvgIpc) is 2.95. The molecule has 0 saturated carbocycles. The highest BCUT2D eigenvalue weighted by Gasteiger charge is 2.35. The summed E-state index contributed by atoms with van der Waals surface area (Å²) < 4.78 is 13.2. The lowest BCUT2D eigenvalue weighted by atomic mass is 10.0. The summed E-state index contributed by atoms with van der Waals surface area (Å²) in [5.74, 6) is -0.325. The second-order valence-corrected chi connectivity index (χ2v) is 5.96. The van der Waals surface area contributed by atoms with Gasteiger partial charge in [0.1, 0.15) is 5.82 Å². The SMILES string of the molecule is O=C(NCc1cccc(F)c1)N1CC[C@@H](O)[C@H]1Cc1ccncc1. The van der Waals surface area contributed by atoms with Gasteiger partial charge >= 0.3 is 6.03 Å². The van der Waals surface area contributed by atoms with E-state index < -0.39 is 6.10 Å². The van der Waals surface area contributed by atoms with Gasteiger partial charge in [0.2, 0.25) is 0 Å². The molecule has 2 aromatic rings. The first-order valence-electron chi connectivity index (χ1n) is 7.99. The first-order valence-corrected chi connectivity index (χ1v) is 7.99. The summed E-state index contributed by atoms with van der Waals surface area (Å²) in [4.78, 5) is 18.1. The van der Waals surface area contributed by atoms with E-state index in [-0.39, 0.29) is 24.4 Å². The lowest BCUT2D eigenvalue weighted by Gasteiger charge is -2.26. The molecule has 0 aliphatic carbocycles. The zero-order valence-corrected chi connectivity index (χ0v) is 13.2. The molecule has 2 heterocycles. The summed E-state index contributed by atoms with van der Waals surface area (Å²) in [7, 11) is 0. The maximum Gasteiger partial charge on any atom is 0.318 e. The number of carbonyl (C=O) groups excluding carboxylic acids is 1. The van der Waals surface area contributed by atoms with Crippen LogP contribution in [0.15, 0.2) is 48.8 Å². The Kier molecular flexibility index (Phi) is 5.05. The van der Waals surface area contributed by atoms with Crippen molar-refractivity contribution in [3.8, 4) is 0 Å². The van der Waals surface area contributed by atoms with Crippen LogP contribution in [0.5, 0.6) is 0 Å². The molecule has 1 aliphatic heterocycles. The summed E-state index contributed by atoms with van der Waals surface area (Å²) in [6.07, 6.45) is 3.99. The van der Waals surface area contributed by atoms with Crippen LogP contribution < -0.4 is 5.32 Å².